The van der Waals surface area contributed by atoms with Crippen molar-refractivity contribution in [3.8, 4) is 11.8 Å². The molecule has 1 aliphatic rings. The Balaban J connectivity index is 2.09. The second-order valence-corrected chi connectivity index (χ2v) is 4.98. The number of hydrogen-bond acceptors (Lipinski definition) is 3. The largest absolute Gasteiger partial charge is 0.395 e. The predicted octanol–water partition coefficient (Wildman–Crippen LogP) is 0.347. The first-order valence-electron chi connectivity index (χ1n) is 6.88. The van der Waals surface area contributed by atoms with Gasteiger partial charge in [-0.25, -0.2) is 0 Å². The molecule has 1 saturated heterocycles. The summed E-state index contributed by atoms with van der Waals surface area (Å²) < 4.78 is 0. The minimum Gasteiger partial charge on any atom is -0.395 e. The fourth-order valence-electron chi connectivity index (χ4n) is 2.09. The zero-order valence-electron chi connectivity index (χ0n) is 11.9. The second kappa shape index (κ2) is 6.91. The number of aryl methyl sites for hydroxylation is 1. The zero-order chi connectivity index (χ0) is 15.2. The Morgan fingerprint density at radius 3 is 3.00 bits per heavy atom. The first kappa shape index (κ1) is 15.1. The summed E-state index contributed by atoms with van der Waals surface area (Å²) in [5, 5.41) is 14.2. The molecule has 5 nitrogen and oxygen atoms in total. The van der Waals surface area contributed by atoms with Gasteiger partial charge in [-0.15, -0.1) is 0 Å². The maximum absolute atomic E-state index is 12.2. The number of carbonyl (C=O) groups excluding carboxylic acids is 2. The lowest BCUT2D eigenvalue weighted by Crippen LogP contribution is -2.36. The lowest BCUT2D eigenvalue weighted by Gasteiger charge is -2.11. The molecule has 1 fully saturated rings. The van der Waals surface area contributed by atoms with Gasteiger partial charge in [0, 0.05) is 30.5 Å². The Bertz CT molecular complexity index is 614. The van der Waals surface area contributed by atoms with Crippen molar-refractivity contribution in [2.45, 2.75) is 25.8 Å². The van der Waals surface area contributed by atoms with Gasteiger partial charge in [0.1, 0.15) is 0 Å². The third-order valence-electron chi connectivity index (χ3n) is 3.27. The molecule has 1 aliphatic heterocycles. The molecule has 21 heavy (non-hydrogen) atoms. The predicted molar refractivity (Wildman–Crippen MR) is 78.6 cm³/mol. The van der Waals surface area contributed by atoms with E-state index in [1.165, 1.54) is 0 Å². The Morgan fingerprint density at radius 2 is 2.33 bits per heavy atom. The van der Waals surface area contributed by atoms with Gasteiger partial charge >= 0.3 is 0 Å². The van der Waals surface area contributed by atoms with Crippen molar-refractivity contribution >= 4 is 11.8 Å². The zero-order valence-corrected chi connectivity index (χ0v) is 11.9. The molecule has 1 heterocycles. The molecule has 0 bridgehead atoms. The third-order valence-corrected chi connectivity index (χ3v) is 3.27. The molecule has 1 atom stereocenters. The van der Waals surface area contributed by atoms with Gasteiger partial charge in [-0.1, -0.05) is 17.9 Å². The van der Waals surface area contributed by atoms with Crippen LogP contribution in [0.15, 0.2) is 18.2 Å². The Labute approximate surface area is 123 Å². The van der Waals surface area contributed by atoms with Crippen LogP contribution in [0.2, 0.25) is 0 Å². The maximum atomic E-state index is 12.2. The summed E-state index contributed by atoms with van der Waals surface area (Å²) in [6.07, 6.45) is 0.729. The van der Waals surface area contributed by atoms with Crippen LogP contribution >= 0.6 is 0 Å². The van der Waals surface area contributed by atoms with E-state index in [0.717, 1.165) is 11.1 Å². The smallest absolute Gasteiger partial charge is 0.251 e. The number of amides is 2. The van der Waals surface area contributed by atoms with Gasteiger partial charge in [-0.05, 0) is 24.6 Å². The minimum atomic E-state index is -0.207. The quantitative estimate of drug-likeness (QED) is 0.702. The molecular weight excluding hydrogens is 268 g/mol. The van der Waals surface area contributed by atoms with Gasteiger partial charge in [0.2, 0.25) is 5.91 Å². The van der Waals surface area contributed by atoms with Crippen LogP contribution in [0.4, 0.5) is 0 Å². The molecule has 2 amide bonds. The summed E-state index contributed by atoms with van der Waals surface area (Å²) in [5.41, 5.74) is 2.28. The molecule has 0 spiro atoms. The number of aliphatic hydroxyl groups is 1. The summed E-state index contributed by atoms with van der Waals surface area (Å²) in [4.78, 5) is 23.3. The fraction of sp³-hybridized carbons (Fsp3) is 0.375. The van der Waals surface area contributed by atoms with Crippen LogP contribution in [-0.4, -0.2) is 36.1 Å². The summed E-state index contributed by atoms with van der Waals surface area (Å²) in [6, 6.07) is 5.16. The summed E-state index contributed by atoms with van der Waals surface area (Å²) in [6.45, 7) is 2.42. The van der Waals surface area contributed by atoms with Crippen LogP contribution < -0.4 is 10.6 Å². The molecular formula is C16H18N2O3. The lowest BCUT2D eigenvalue weighted by atomic mass is 10.0. The van der Waals surface area contributed by atoms with Crippen molar-refractivity contribution in [1.82, 2.24) is 10.6 Å². The van der Waals surface area contributed by atoms with Crippen molar-refractivity contribution < 1.29 is 14.7 Å². The van der Waals surface area contributed by atoms with Gasteiger partial charge in [-0.3, -0.25) is 9.59 Å². The van der Waals surface area contributed by atoms with E-state index in [-0.39, 0.29) is 24.5 Å². The van der Waals surface area contributed by atoms with Gasteiger partial charge < -0.3 is 15.7 Å². The van der Waals surface area contributed by atoms with Crippen molar-refractivity contribution in [3.63, 3.8) is 0 Å². The topological polar surface area (TPSA) is 78.4 Å². The van der Waals surface area contributed by atoms with Gasteiger partial charge in [-0.2, -0.15) is 0 Å². The van der Waals surface area contributed by atoms with Crippen molar-refractivity contribution in [2.75, 3.05) is 13.2 Å². The van der Waals surface area contributed by atoms with Crippen LogP contribution in [0, 0.1) is 18.8 Å². The maximum Gasteiger partial charge on any atom is 0.251 e. The van der Waals surface area contributed by atoms with Crippen LogP contribution in [0.1, 0.15) is 34.3 Å². The highest BCUT2D eigenvalue weighted by atomic mass is 16.2. The Morgan fingerprint density at radius 1 is 1.52 bits per heavy atom. The Hall–Kier alpha value is -2.32. The lowest BCUT2D eigenvalue weighted by molar-refractivity contribution is -0.119. The molecule has 1 aromatic rings. The molecule has 110 valence electrons. The summed E-state index contributed by atoms with van der Waals surface area (Å²) >= 11 is 0. The highest BCUT2D eigenvalue weighted by molar-refractivity contribution is 5.95. The van der Waals surface area contributed by atoms with Crippen LogP contribution in [0.5, 0.6) is 0 Å². The minimum absolute atomic E-state index is 0.0228. The molecule has 3 N–H and O–H groups in total. The molecule has 5 heteroatoms. The van der Waals surface area contributed by atoms with E-state index in [1.54, 1.807) is 12.1 Å². The average molecular weight is 286 g/mol. The van der Waals surface area contributed by atoms with E-state index in [0.29, 0.717) is 24.9 Å². The van der Waals surface area contributed by atoms with Crippen LogP contribution in [0.3, 0.4) is 0 Å². The fourth-order valence-corrected chi connectivity index (χ4v) is 2.09. The molecule has 0 aliphatic carbocycles. The number of hydrogen-bond donors (Lipinski definition) is 3. The van der Waals surface area contributed by atoms with Crippen molar-refractivity contribution in [2.24, 2.45) is 0 Å². The standard InChI is InChI=1S/C16H18N2O3/c1-11-5-6-13(8-12(11)4-2-3-7-19)16(21)18-14-9-15(20)17-10-14/h5-6,8,14,19H,3,7,9-10H2,1H3,(H,17,20)(H,18,21). The van der Waals surface area contributed by atoms with Crippen LogP contribution in [0.25, 0.3) is 0 Å². The van der Waals surface area contributed by atoms with Crippen LogP contribution in [-0.2, 0) is 4.79 Å². The average Bonchev–Trinajstić information content (AvgIpc) is 2.86. The Kier molecular flexibility index (Phi) is 4.96. The third kappa shape index (κ3) is 4.07. The normalized spacial score (nSPS) is 16.9. The number of benzene rings is 1. The first-order chi connectivity index (χ1) is 10.1. The summed E-state index contributed by atoms with van der Waals surface area (Å²) in [5.74, 6) is 5.56. The number of carbonyl (C=O) groups is 2. The second-order valence-electron chi connectivity index (χ2n) is 4.98. The van der Waals surface area contributed by atoms with E-state index in [9.17, 15) is 9.59 Å². The molecule has 0 aromatic heterocycles. The highest BCUT2D eigenvalue weighted by Gasteiger charge is 2.23. The number of aliphatic hydroxyl groups excluding tert-OH is 1. The summed E-state index contributed by atoms with van der Waals surface area (Å²) in [7, 11) is 0. The van der Waals surface area contributed by atoms with Gasteiger partial charge in [0.25, 0.3) is 5.91 Å². The molecule has 0 radical (unpaired) electrons. The monoisotopic (exact) mass is 286 g/mol. The van der Waals surface area contributed by atoms with E-state index < -0.39 is 0 Å². The SMILES string of the molecule is Cc1ccc(C(=O)NC2CNC(=O)C2)cc1C#CCCO. The highest BCUT2D eigenvalue weighted by Crippen LogP contribution is 2.11. The van der Waals surface area contributed by atoms with Crippen molar-refractivity contribution in [1.29, 1.82) is 0 Å². The van der Waals surface area contributed by atoms with Gasteiger partial charge in [0.15, 0.2) is 0 Å². The van der Waals surface area contributed by atoms with Gasteiger partial charge in [0.05, 0.1) is 12.6 Å². The van der Waals surface area contributed by atoms with E-state index >= 15 is 0 Å². The molecule has 1 aromatic carbocycles. The molecule has 1 unspecified atom stereocenters. The van der Waals surface area contributed by atoms with Crippen molar-refractivity contribution in [3.05, 3.63) is 34.9 Å². The van der Waals surface area contributed by atoms with E-state index in [4.69, 9.17) is 5.11 Å². The molecule has 0 saturated carbocycles. The first-order valence-corrected chi connectivity index (χ1v) is 6.88. The number of nitrogens with one attached hydrogen (secondary N) is 2. The van der Waals surface area contributed by atoms with E-state index in [1.807, 2.05) is 13.0 Å². The van der Waals surface area contributed by atoms with E-state index in [2.05, 4.69) is 22.5 Å². The molecule has 2 rings (SSSR count). The number of rotatable bonds is 3.